The molecule has 7 rings (SSSR count). The molecule has 42 heavy (non-hydrogen) atoms. The Balaban J connectivity index is 1.04. The molecule has 1 N–H and O–H groups in total. The third kappa shape index (κ3) is 4.84. The number of aromatic carboxylic acids is 1. The lowest BCUT2D eigenvalue weighted by Gasteiger charge is -2.34. The predicted molar refractivity (Wildman–Crippen MR) is 154 cm³/mol. The Labute approximate surface area is 242 Å². The number of nitrogens with zero attached hydrogens (tertiary/aromatic N) is 5. The summed E-state index contributed by atoms with van der Waals surface area (Å²) in [4.78, 5) is 26.9. The molecule has 2 saturated heterocycles. The minimum atomic E-state index is -0.938. The molecule has 9 nitrogen and oxygen atoms in total. The fraction of sp³-hybridized carbons (Fsp3) is 0.375. The minimum Gasteiger partial charge on any atom is -0.478 e. The number of aromatic nitrogens is 3. The third-order valence-electron chi connectivity index (χ3n) is 9.04. The van der Waals surface area contributed by atoms with Gasteiger partial charge in [-0.25, -0.2) is 19.0 Å². The van der Waals surface area contributed by atoms with Crippen molar-refractivity contribution < 1.29 is 23.8 Å². The zero-order chi connectivity index (χ0) is 28.8. The molecule has 3 aliphatic rings. The number of carboxylic acids is 1. The molecular weight excluding hydrogens is 537 g/mol. The van der Waals surface area contributed by atoms with Crippen molar-refractivity contribution in [3.8, 4) is 5.88 Å². The number of imidazole rings is 1. The molecule has 3 fully saturated rings. The van der Waals surface area contributed by atoms with Gasteiger partial charge in [-0.1, -0.05) is 18.2 Å². The molecule has 1 unspecified atom stereocenters. The number of hydrogen-bond acceptors (Lipinski definition) is 6. The Bertz CT molecular complexity index is 1720. The van der Waals surface area contributed by atoms with Crippen molar-refractivity contribution in [2.24, 2.45) is 5.41 Å². The molecule has 2 atom stereocenters. The number of ether oxygens (including phenoxy) is 2. The van der Waals surface area contributed by atoms with Gasteiger partial charge < -0.3 is 24.0 Å². The van der Waals surface area contributed by atoms with E-state index in [-0.39, 0.29) is 29.4 Å². The van der Waals surface area contributed by atoms with Gasteiger partial charge in [-0.15, -0.1) is 0 Å². The predicted octanol–water partition coefficient (Wildman–Crippen LogP) is 5.96. The summed E-state index contributed by atoms with van der Waals surface area (Å²) in [6.07, 6.45) is 4.22. The lowest BCUT2D eigenvalue weighted by Crippen LogP contribution is -2.36. The van der Waals surface area contributed by atoms with Crippen molar-refractivity contribution in [3.05, 3.63) is 88.8 Å². The molecule has 1 saturated carbocycles. The van der Waals surface area contributed by atoms with Crippen LogP contribution in [0.2, 0.25) is 0 Å². The van der Waals surface area contributed by atoms with E-state index in [4.69, 9.17) is 21.0 Å². The fourth-order valence-electron chi connectivity index (χ4n) is 6.35. The Kier molecular flexibility index (Phi) is 6.54. The second-order valence-electron chi connectivity index (χ2n) is 11.5. The van der Waals surface area contributed by atoms with Crippen LogP contribution in [0.3, 0.4) is 0 Å². The number of anilines is 1. The van der Waals surface area contributed by atoms with E-state index in [1.165, 1.54) is 6.07 Å². The summed E-state index contributed by atoms with van der Waals surface area (Å²) in [5, 5.41) is 9.55. The van der Waals surface area contributed by atoms with Gasteiger partial charge in [0, 0.05) is 37.2 Å². The number of carboxylic acid groups (broad SMARTS) is 1. The fourth-order valence-corrected chi connectivity index (χ4v) is 6.35. The molecular formula is C32H30FN5O4. The van der Waals surface area contributed by atoms with E-state index in [2.05, 4.69) is 19.3 Å². The van der Waals surface area contributed by atoms with E-state index in [1.54, 1.807) is 30.3 Å². The lowest BCUT2D eigenvalue weighted by atomic mass is 9.90. The zero-order valence-corrected chi connectivity index (χ0v) is 23.0. The van der Waals surface area contributed by atoms with Gasteiger partial charge in [0.25, 0.3) is 0 Å². The van der Waals surface area contributed by atoms with Crippen LogP contribution in [0, 0.1) is 17.8 Å². The number of carbonyl (C=O) groups is 1. The van der Waals surface area contributed by atoms with Crippen LogP contribution in [0.1, 0.15) is 53.3 Å². The van der Waals surface area contributed by atoms with E-state index < -0.39 is 11.8 Å². The maximum atomic E-state index is 14.3. The summed E-state index contributed by atoms with van der Waals surface area (Å²) in [5.74, 6) is 1.23. The third-order valence-corrected chi connectivity index (χ3v) is 9.04. The van der Waals surface area contributed by atoms with Crippen LogP contribution in [0.5, 0.6) is 5.88 Å². The monoisotopic (exact) mass is 567 g/mol. The topological polar surface area (TPSA) is 94.1 Å². The molecule has 2 aliphatic heterocycles. The van der Waals surface area contributed by atoms with Gasteiger partial charge >= 0.3 is 5.97 Å². The highest BCUT2D eigenvalue weighted by Gasteiger charge is 2.57. The van der Waals surface area contributed by atoms with E-state index >= 15 is 0 Å². The highest BCUT2D eigenvalue weighted by molar-refractivity contribution is 5.92. The average molecular weight is 568 g/mol. The van der Waals surface area contributed by atoms with E-state index in [0.29, 0.717) is 23.9 Å². The first-order valence-corrected chi connectivity index (χ1v) is 14.3. The number of piperidine rings is 1. The largest absolute Gasteiger partial charge is 0.478 e. The zero-order valence-electron chi connectivity index (χ0n) is 23.0. The van der Waals surface area contributed by atoms with Crippen molar-refractivity contribution in [2.45, 2.75) is 50.9 Å². The molecule has 0 bridgehead atoms. The highest BCUT2D eigenvalue weighted by atomic mass is 19.1. The normalized spacial score (nSPS) is 20.7. The van der Waals surface area contributed by atoms with Crippen molar-refractivity contribution in [1.29, 1.82) is 0 Å². The van der Waals surface area contributed by atoms with E-state index in [1.807, 2.05) is 18.2 Å². The van der Waals surface area contributed by atoms with E-state index in [0.717, 1.165) is 68.1 Å². The molecule has 4 aromatic rings. The number of hydrogen-bond donors (Lipinski definition) is 1. The van der Waals surface area contributed by atoms with Crippen LogP contribution in [-0.2, 0) is 17.9 Å². The Morgan fingerprint density at radius 1 is 1.17 bits per heavy atom. The maximum absolute atomic E-state index is 14.3. The highest BCUT2D eigenvalue weighted by Crippen LogP contribution is 2.65. The Hall–Kier alpha value is -4.49. The number of fused-ring (bicyclic) bond motifs is 1. The van der Waals surface area contributed by atoms with Gasteiger partial charge in [-0.3, -0.25) is 0 Å². The first-order chi connectivity index (χ1) is 20.4. The van der Waals surface area contributed by atoms with Crippen LogP contribution < -0.4 is 9.64 Å². The summed E-state index contributed by atoms with van der Waals surface area (Å²) in [5.41, 5.74) is 2.78. The van der Waals surface area contributed by atoms with Crippen molar-refractivity contribution in [3.63, 3.8) is 0 Å². The minimum absolute atomic E-state index is 0.0339. The van der Waals surface area contributed by atoms with Gasteiger partial charge in [0.05, 0.1) is 35.8 Å². The molecule has 0 amide bonds. The summed E-state index contributed by atoms with van der Waals surface area (Å²) in [6.45, 7) is 10.2. The summed E-state index contributed by atoms with van der Waals surface area (Å²) in [7, 11) is 0. The second-order valence-corrected chi connectivity index (χ2v) is 11.5. The van der Waals surface area contributed by atoms with Crippen molar-refractivity contribution >= 4 is 28.5 Å². The van der Waals surface area contributed by atoms with Gasteiger partial charge in [-0.2, -0.15) is 4.98 Å². The Morgan fingerprint density at radius 3 is 2.71 bits per heavy atom. The van der Waals surface area contributed by atoms with Crippen molar-refractivity contribution in [2.75, 3.05) is 24.6 Å². The first-order valence-electron chi connectivity index (χ1n) is 14.3. The summed E-state index contributed by atoms with van der Waals surface area (Å²) >= 11 is 0. The number of benzene rings is 2. The van der Waals surface area contributed by atoms with Crippen LogP contribution in [0.4, 0.5) is 15.9 Å². The van der Waals surface area contributed by atoms with Crippen LogP contribution in [-0.4, -0.2) is 51.4 Å². The quantitative estimate of drug-likeness (QED) is 0.263. The van der Waals surface area contributed by atoms with Crippen LogP contribution in [0.15, 0.2) is 54.6 Å². The molecule has 214 valence electrons. The van der Waals surface area contributed by atoms with Gasteiger partial charge in [0.1, 0.15) is 24.1 Å². The lowest BCUT2D eigenvalue weighted by molar-refractivity contribution is -0.0590. The maximum Gasteiger partial charge on any atom is 0.335 e. The molecule has 4 heterocycles. The average Bonchev–Trinajstić information content (AvgIpc) is 3.55. The van der Waals surface area contributed by atoms with Gasteiger partial charge in [0.15, 0.2) is 5.69 Å². The standard InChI is InChI=1S/C32H30FN5O4/c1-34-22-7-5-21(25(33)16-22)19-42-29-4-2-3-28(36-29)37-12-10-32(11-13-37)17-24(32)30-35-26-8-6-20(31(39)40)15-27(26)38(30)18-23-9-14-41-23/h2-8,15-16,23-24H,9-14,17-19H2,(H,39,40)/t23-,24?/m0/s1. The number of halogens is 1. The molecule has 1 aliphatic carbocycles. The number of rotatable bonds is 8. The molecule has 10 heteroatoms. The number of pyridine rings is 1. The van der Waals surface area contributed by atoms with Gasteiger partial charge in [-0.05, 0) is 61.4 Å². The van der Waals surface area contributed by atoms with Gasteiger partial charge in [0.2, 0.25) is 5.88 Å². The Morgan fingerprint density at radius 2 is 2.00 bits per heavy atom. The molecule has 1 spiro atoms. The summed E-state index contributed by atoms with van der Waals surface area (Å²) in [6, 6.07) is 15.2. The SMILES string of the molecule is [C-]#[N+]c1ccc(COc2cccc(N3CCC4(CC3)CC4c3nc4ccc(C(=O)O)cc4n3C[C@@H]3CCO3)n2)c(F)c1. The molecule has 0 radical (unpaired) electrons. The molecule has 2 aromatic carbocycles. The smallest absolute Gasteiger partial charge is 0.335 e. The second kappa shape index (κ2) is 10.4. The summed E-state index contributed by atoms with van der Waals surface area (Å²) < 4.78 is 28.0. The molecule has 2 aromatic heterocycles. The van der Waals surface area contributed by atoms with Crippen molar-refractivity contribution in [1.82, 2.24) is 14.5 Å². The first kappa shape index (κ1) is 26.4. The van der Waals surface area contributed by atoms with E-state index in [9.17, 15) is 14.3 Å². The van der Waals surface area contributed by atoms with Crippen LogP contribution in [0.25, 0.3) is 15.9 Å². The van der Waals surface area contributed by atoms with Crippen LogP contribution >= 0.6 is 0 Å².